The Balaban J connectivity index is 1.64. The first kappa shape index (κ1) is 13.9. The van der Waals surface area contributed by atoms with Gasteiger partial charge in [-0.3, -0.25) is 4.79 Å². The van der Waals surface area contributed by atoms with Crippen LogP contribution < -0.4 is 10.1 Å². The summed E-state index contributed by atoms with van der Waals surface area (Å²) in [5, 5.41) is 3.60. The van der Waals surface area contributed by atoms with E-state index in [-0.39, 0.29) is 17.7 Å². The van der Waals surface area contributed by atoms with Crippen molar-refractivity contribution in [1.29, 1.82) is 0 Å². The van der Waals surface area contributed by atoms with Crippen molar-refractivity contribution in [2.45, 2.75) is 12.3 Å². The molecule has 1 aliphatic carbocycles. The van der Waals surface area contributed by atoms with Crippen LogP contribution >= 0.6 is 11.6 Å². The quantitative estimate of drug-likeness (QED) is 0.940. The van der Waals surface area contributed by atoms with Gasteiger partial charge in [0, 0.05) is 17.0 Å². The molecule has 0 spiro atoms. The first-order valence-corrected chi connectivity index (χ1v) is 7.12. The molecule has 0 radical (unpaired) electrons. The molecule has 1 fully saturated rings. The number of nitrogens with zero attached hydrogens (tertiary/aromatic N) is 1. The lowest BCUT2D eigenvalue weighted by Crippen LogP contribution is -2.14. The van der Waals surface area contributed by atoms with E-state index >= 15 is 0 Å². The molecule has 0 saturated heterocycles. The molecular formula is C16H15ClN2O2. The van der Waals surface area contributed by atoms with Gasteiger partial charge in [0.25, 0.3) is 0 Å². The highest BCUT2D eigenvalue weighted by Gasteiger charge is 2.44. The average molecular weight is 303 g/mol. The van der Waals surface area contributed by atoms with Gasteiger partial charge < -0.3 is 10.1 Å². The molecule has 21 heavy (non-hydrogen) atoms. The third-order valence-corrected chi connectivity index (χ3v) is 3.99. The van der Waals surface area contributed by atoms with Crippen molar-refractivity contribution in [3.63, 3.8) is 0 Å². The largest absolute Gasteiger partial charge is 0.481 e. The van der Waals surface area contributed by atoms with Gasteiger partial charge >= 0.3 is 0 Å². The molecule has 1 aliphatic rings. The normalized spacial score (nSPS) is 19.9. The fourth-order valence-corrected chi connectivity index (χ4v) is 2.69. The molecule has 3 rings (SSSR count). The Morgan fingerprint density at radius 3 is 2.81 bits per heavy atom. The lowest BCUT2D eigenvalue weighted by Gasteiger charge is -2.06. The Morgan fingerprint density at radius 2 is 2.14 bits per heavy atom. The van der Waals surface area contributed by atoms with Crippen molar-refractivity contribution < 1.29 is 9.53 Å². The van der Waals surface area contributed by atoms with Crippen LogP contribution in [0.25, 0.3) is 0 Å². The highest BCUT2D eigenvalue weighted by molar-refractivity contribution is 6.31. The van der Waals surface area contributed by atoms with E-state index in [1.165, 1.54) is 0 Å². The summed E-state index contributed by atoms with van der Waals surface area (Å²) in [5.74, 6) is 0.720. The Labute approximate surface area is 128 Å². The molecule has 1 saturated carbocycles. The van der Waals surface area contributed by atoms with Crippen LogP contribution in [-0.4, -0.2) is 18.0 Å². The van der Waals surface area contributed by atoms with E-state index in [0.29, 0.717) is 11.6 Å². The molecule has 2 unspecified atom stereocenters. The number of nitrogens with one attached hydrogen (secondary N) is 1. The number of anilines is 1. The summed E-state index contributed by atoms with van der Waals surface area (Å²) in [6, 6.07) is 11.2. The van der Waals surface area contributed by atoms with Crippen molar-refractivity contribution in [3.8, 4) is 5.88 Å². The highest BCUT2D eigenvalue weighted by atomic mass is 35.5. The number of halogens is 1. The standard InChI is InChI=1S/C16H15ClN2O2/c1-21-15-7-6-10(9-18-15)19-16(20)13-8-12(13)11-4-2-3-5-14(11)17/h2-7,9,12-13H,8H2,1H3,(H,19,20). The van der Waals surface area contributed by atoms with E-state index < -0.39 is 0 Å². The predicted octanol–water partition coefficient (Wildman–Crippen LogP) is 3.49. The number of amides is 1. The first-order chi connectivity index (χ1) is 10.2. The van der Waals surface area contributed by atoms with Gasteiger partial charge in [-0.2, -0.15) is 0 Å². The average Bonchev–Trinajstić information content (AvgIpc) is 3.29. The summed E-state index contributed by atoms with van der Waals surface area (Å²) >= 11 is 6.17. The molecule has 4 nitrogen and oxygen atoms in total. The topological polar surface area (TPSA) is 51.2 Å². The van der Waals surface area contributed by atoms with Gasteiger partial charge in [-0.1, -0.05) is 29.8 Å². The smallest absolute Gasteiger partial charge is 0.228 e. The van der Waals surface area contributed by atoms with Gasteiger partial charge in [-0.05, 0) is 30.0 Å². The number of pyridine rings is 1. The summed E-state index contributed by atoms with van der Waals surface area (Å²) in [6.45, 7) is 0. The third kappa shape index (κ3) is 3.00. The zero-order chi connectivity index (χ0) is 14.8. The van der Waals surface area contributed by atoms with E-state index in [4.69, 9.17) is 16.3 Å². The number of hydrogen-bond acceptors (Lipinski definition) is 3. The SMILES string of the molecule is COc1ccc(NC(=O)C2CC2c2ccccc2Cl)cn1. The van der Waals surface area contributed by atoms with E-state index in [0.717, 1.165) is 17.0 Å². The molecule has 108 valence electrons. The van der Waals surface area contributed by atoms with Crippen molar-refractivity contribution >= 4 is 23.2 Å². The van der Waals surface area contributed by atoms with Gasteiger partial charge in [0.15, 0.2) is 0 Å². The van der Waals surface area contributed by atoms with Crippen LogP contribution in [-0.2, 0) is 4.79 Å². The summed E-state index contributed by atoms with van der Waals surface area (Å²) in [5.41, 5.74) is 1.72. The van der Waals surface area contributed by atoms with Gasteiger partial charge in [0.2, 0.25) is 11.8 Å². The zero-order valence-corrected chi connectivity index (χ0v) is 12.3. The van der Waals surface area contributed by atoms with Crippen molar-refractivity contribution in [2.75, 3.05) is 12.4 Å². The van der Waals surface area contributed by atoms with Crippen molar-refractivity contribution in [1.82, 2.24) is 4.98 Å². The summed E-state index contributed by atoms with van der Waals surface area (Å²) in [6.07, 6.45) is 2.42. The van der Waals surface area contributed by atoms with Gasteiger partial charge in [0.1, 0.15) is 0 Å². The maximum absolute atomic E-state index is 12.2. The maximum atomic E-state index is 12.2. The molecule has 1 amide bonds. The van der Waals surface area contributed by atoms with Crippen LogP contribution in [0.1, 0.15) is 17.9 Å². The number of hydrogen-bond donors (Lipinski definition) is 1. The molecule has 0 bridgehead atoms. The summed E-state index contributed by atoms with van der Waals surface area (Å²) in [7, 11) is 1.55. The molecule has 2 aromatic rings. The van der Waals surface area contributed by atoms with Gasteiger partial charge in [0.05, 0.1) is 19.0 Å². The number of aromatic nitrogens is 1. The Bertz CT molecular complexity index is 658. The van der Waals surface area contributed by atoms with Crippen LogP contribution in [0.3, 0.4) is 0 Å². The Kier molecular flexibility index (Phi) is 3.80. The van der Waals surface area contributed by atoms with Crippen LogP contribution in [0, 0.1) is 5.92 Å². The van der Waals surface area contributed by atoms with E-state index in [1.807, 2.05) is 24.3 Å². The molecule has 1 aromatic carbocycles. The minimum atomic E-state index is -0.0213. The van der Waals surface area contributed by atoms with Crippen molar-refractivity contribution in [2.24, 2.45) is 5.92 Å². The van der Waals surface area contributed by atoms with E-state index in [9.17, 15) is 4.79 Å². The second kappa shape index (κ2) is 5.74. The van der Waals surface area contributed by atoms with Crippen LogP contribution in [0.5, 0.6) is 5.88 Å². The molecule has 1 N–H and O–H groups in total. The fraction of sp³-hybridized carbons (Fsp3) is 0.250. The predicted molar refractivity (Wildman–Crippen MR) is 81.7 cm³/mol. The number of carbonyl (C=O) groups is 1. The maximum Gasteiger partial charge on any atom is 0.228 e. The van der Waals surface area contributed by atoms with E-state index in [2.05, 4.69) is 10.3 Å². The summed E-state index contributed by atoms with van der Waals surface area (Å²) < 4.78 is 4.98. The second-order valence-corrected chi connectivity index (χ2v) is 5.46. The third-order valence-electron chi connectivity index (χ3n) is 3.64. The molecule has 0 aliphatic heterocycles. The second-order valence-electron chi connectivity index (χ2n) is 5.05. The molecule has 1 heterocycles. The number of benzene rings is 1. The molecule has 5 heteroatoms. The molecule has 1 aromatic heterocycles. The monoisotopic (exact) mass is 302 g/mol. The van der Waals surface area contributed by atoms with E-state index in [1.54, 1.807) is 25.4 Å². The number of rotatable bonds is 4. The Hall–Kier alpha value is -2.07. The number of methoxy groups -OCH3 is 1. The lowest BCUT2D eigenvalue weighted by molar-refractivity contribution is -0.117. The lowest BCUT2D eigenvalue weighted by atomic mass is 10.1. The minimum absolute atomic E-state index is 0.00638. The van der Waals surface area contributed by atoms with Crippen molar-refractivity contribution in [3.05, 3.63) is 53.2 Å². The number of ether oxygens (including phenoxy) is 1. The summed E-state index contributed by atoms with van der Waals surface area (Å²) in [4.78, 5) is 16.3. The minimum Gasteiger partial charge on any atom is -0.481 e. The molecular weight excluding hydrogens is 288 g/mol. The van der Waals surface area contributed by atoms with Gasteiger partial charge in [-0.15, -0.1) is 0 Å². The highest BCUT2D eigenvalue weighted by Crippen LogP contribution is 2.49. The first-order valence-electron chi connectivity index (χ1n) is 6.74. The Morgan fingerprint density at radius 1 is 1.33 bits per heavy atom. The molecule has 2 atom stereocenters. The fourth-order valence-electron chi connectivity index (χ4n) is 2.41. The zero-order valence-electron chi connectivity index (χ0n) is 11.5. The van der Waals surface area contributed by atoms with Crippen LogP contribution in [0.15, 0.2) is 42.6 Å². The van der Waals surface area contributed by atoms with Crippen LogP contribution in [0.2, 0.25) is 5.02 Å². The van der Waals surface area contributed by atoms with Crippen LogP contribution in [0.4, 0.5) is 5.69 Å². The number of carbonyl (C=O) groups excluding carboxylic acids is 1. The van der Waals surface area contributed by atoms with Gasteiger partial charge in [-0.25, -0.2) is 4.98 Å².